The van der Waals surface area contributed by atoms with Gasteiger partial charge in [0.05, 0.1) is 17.0 Å². The van der Waals surface area contributed by atoms with Gasteiger partial charge in [0.1, 0.15) is 6.04 Å². The van der Waals surface area contributed by atoms with E-state index in [4.69, 9.17) is 5.14 Å². The first-order valence-corrected chi connectivity index (χ1v) is 11.0. The van der Waals surface area contributed by atoms with E-state index in [1.807, 2.05) is 6.07 Å². The van der Waals surface area contributed by atoms with Crippen LogP contribution in [-0.2, 0) is 31.0 Å². The number of pyridine rings is 1. The standard InChI is InChI=1S/C20H20N4O5S/c21-30(28,29)16-7-5-15(6-8-16)24-18(25)10-17(20(24)27)23(19(26)14-3-4-14)12-13-2-1-9-22-11-13/h1-2,5-9,11,14,17H,3-4,10,12H2,(H2,21,28,29). The van der Waals surface area contributed by atoms with Gasteiger partial charge in [-0.05, 0) is 48.7 Å². The Labute approximate surface area is 173 Å². The summed E-state index contributed by atoms with van der Waals surface area (Å²) in [6.45, 7) is 0.186. The smallest absolute Gasteiger partial charge is 0.257 e. The molecule has 4 rings (SSSR count). The maximum Gasteiger partial charge on any atom is 0.257 e. The van der Waals surface area contributed by atoms with Crippen molar-refractivity contribution in [1.29, 1.82) is 0 Å². The van der Waals surface area contributed by atoms with E-state index in [0.717, 1.165) is 23.3 Å². The van der Waals surface area contributed by atoms with Crippen molar-refractivity contribution in [1.82, 2.24) is 9.88 Å². The van der Waals surface area contributed by atoms with Gasteiger partial charge in [0.15, 0.2) is 0 Å². The fraction of sp³-hybridized carbons (Fsp3) is 0.300. The quantitative estimate of drug-likeness (QED) is 0.677. The van der Waals surface area contributed by atoms with Gasteiger partial charge in [-0.15, -0.1) is 0 Å². The van der Waals surface area contributed by atoms with Gasteiger partial charge in [-0.2, -0.15) is 0 Å². The van der Waals surface area contributed by atoms with Crippen LogP contribution in [0.25, 0.3) is 0 Å². The molecule has 2 heterocycles. The number of sulfonamides is 1. The van der Waals surface area contributed by atoms with Crippen molar-refractivity contribution >= 4 is 33.4 Å². The van der Waals surface area contributed by atoms with E-state index in [1.54, 1.807) is 18.5 Å². The number of nitrogens with two attached hydrogens (primary N) is 1. The molecular formula is C20H20N4O5S. The topological polar surface area (TPSA) is 131 Å². The number of nitrogens with zero attached hydrogens (tertiary/aromatic N) is 3. The van der Waals surface area contributed by atoms with Gasteiger partial charge in [0.2, 0.25) is 21.8 Å². The van der Waals surface area contributed by atoms with E-state index in [2.05, 4.69) is 4.98 Å². The highest BCUT2D eigenvalue weighted by Gasteiger charge is 2.46. The van der Waals surface area contributed by atoms with Crippen molar-refractivity contribution in [3.05, 3.63) is 54.4 Å². The van der Waals surface area contributed by atoms with Crippen molar-refractivity contribution in [2.45, 2.75) is 36.7 Å². The Morgan fingerprint density at radius 1 is 1.17 bits per heavy atom. The molecule has 2 aromatic rings. The first-order valence-electron chi connectivity index (χ1n) is 9.45. The third-order valence-corrected chi connectivity index (χ3v) is 6.14. The molecule has 1 saturated carbocycles. The van der Waals surface area contributed by atoms with Gasteiger partial charge >= 0.3 is 0 Å². The minimum absolute atomic E-state index is 0.118. The van der Waals surface area contributed by atoms with Crippen molar-refractivity contribution in [2.75, 3.05) is 4.90 Å². The number of benzene rings is 1. The Balaban J connectivity index is 1.61. The lowest BCUT2D eigenvalue weighted by Gasteiger charge is -2.28. The van der Waals surface area contributed by atoms with Gasteiger partial charge in [0.25, 0.3) is 5.91 Å². The molecule has 1 aromatic carbocycles. The summed E-state index contributed by atoms with van der Waals surface area (Å²) in [6, 6.07) is 7.82. The van der Waals surface area contributed by atoms with E-state index >= 15 is 0 Å². The lowest BCUT2D eigenvalue weighted by molar-refractivity contribution is -0.140. The molecule has 2 fully saturated rings. The molecule has 2 N–H and O–H groups in total. The van der Waals surface area contributed by atoms with Crippen LogP contribution >= 0.6 is 0 Å². The van der Waals surface area contributed by atoms with Crippen LogP contribution < -0.4 is 10.0 Å². The molecule has 1 aliphatic heterocycles. The highest BCUT2D eigenvalue weighted by Crippen LogP contribution is 2.35. The zero-order chi connectivity index (χ0) is 21.5. The zero-order valence-electron chi connectivity index (χ0n) is 16.0. The summed E-state index contributed by atoms with van der Waals surface area (Å²) in [5.41, 5.74) is 1.00. The van der Waals surface area contributed by atoms with E-state index in [-0.39, 0.29) is 35.4 Å². The second kappa shape index (κ2) is 7.62. The number of anilines is 1. The number of primary sulfonamides is 1. The molecular weight excluding hydrogens is 408 g/mol. The van der Waals surface area contributed by atoms with Gasteiger partial charge in [-0.3, -0.25) is 19.4 Å². The van der Waals surface area contributed by atoms with Crippen molar-refractivity contribution in [2.24, 2.45) is 11.1 Å². The average molecular weight is 428 g/mol. The van der Waals surface area contributed by atoms with Crippen LogP contribution in [0.2, 0.25) is 0 Å². The predicted molar refractivity (Wildman–Crippen MR) is 106 cm³/mol. The van der Waals surface area contributed by atoms with Crippen LogP contribution in [0.3, 0.4) is 0 Å². The number of carbonyl (C=O) groups is 3. The Bertz CT molecular complexity index is 1100. The fourth-order valence-corrected chi connectivity index (χ4v) is 4.03. The Morgan fingerprint density at radius 2 is 1.87 bits per heavy atom. The van der Waals surface area contributed by atoms with E-state index in [1.165, 1.54) is 29.2 Å². The molecule has 1 aromatic heterocycles. The first kappa shape index (κ1) is 20.2. The summed E-state index contributed by atoms with van der Waals surface area (Å²) in [5, 5.41) is 5.09. The van der Waals surface area contributed by atoms with Crippen molar-refractivity contribution in [3.8, 4) is 0 Å². The maximum atomic E-state index is 13.1. The number of amides is 3. The number of carbonyl (C=O) groups excluding carboxylic acids is 3. The van der Waals surface area contributed by atoms with E-state index in [9.17, 15) is 22.8 Å². The minimum Gasteiger partial charge on any atom is -0.325 e. The third-order valence-electron chi connectivity index (χ3n) is 5.21. The second-order valence-corrected chi connectivity index (χ2v) is 8.99. The number of hydrogen-bond acceptors (Lipinski definition) is 6. The summed E-state index contributed by atoms with van der Waals surface area (Å²) in [5.74, 6) is -1.22. The lowest BCUT2D eigenvalue weighted by atomic mass is 10.1. The Morgan fingerprint density at radius 3 is 2.43 bits per heavy atom. The number of imide groups is 1. The molecule has 9 nitrogen and oxygen atoms in total. The average Bonchev–Trinajstić information content (AvgIpc) is 3.52. The van der Waals surface area contributed by atoms with Gasteiger partial charge < -0.3 is 4.90 Å². The predicted octanol–water partition coefficient (Wildman–Crippen LogP) is 0.800. The molecule has 0 radical (unpaired) electrons. The van der Waals surface area contributed by atoms with Crippen LogP contribution in [0.5, 0.6) is 0 Å². The van der Waals surface area contributed by atoms with Gasteiger partial charge in [-0.1, -0.05) is 6.07 Å². The molecule has 1 aliphatic carbocycles. The van der Waals surface area contributed by atoms with Crippen molar-refractivity contribution in [3.63, 3.8) is 0 Å². The normalized spacial score (nSPS) is 19.2. The van der Waals surface area contributed by atoms with Crippen LogP contribution in [-0.4, -0.2) is 42.1 Å². The SMILES string of the molecule is NS(=O)(=O)c1ccc(N2C(=O)CC(N(Cc3cccnc3)C(=O)C3CC3)C2=O)cc1. The summed E-state index contributed by atoms with van der Waals surface area (Å²) >= 11 is 0. The molecule has 0 spiro atoms. The van der Waals surface area contributed by atoms with Gasteiger partial charge in [0, 0.05) is 24.9 Å². The summed E-state index contributed by atoms with van der Waals surface area (Å²) in [6.07, 6.45) is 4.66. The fourth-order valence-electron chi connectivity index (χ4n) is 3.51. The summed E-state index contributed by atoms with van der Waals surface area (Å²) in [7, 11) is -3.89. The molecule has 1 atom stereocenters. The van der Waals surface area contributed by atoms with Crippen LogP contribution in [0.1, 0.15) is 24.8 Å². The van der Waals surface area contributed by atoms with E-state index in [0.29, 0.717) is 0 Å². The van der Waals surface area contributed by atoms with Crippen molar-refractivity contribution < 1.29 is 22.8 Å². The van der Waals surface area contributed by atoms with Crippen LogP contribution in [0.15, 0.2) is 53.7 Å². The molecule has 0 bridgehead atoms. The number of aromatic nitrogens is 1. The molecule has 2 aliphatic rings. The summed E-state index contributed by atoms with van der Waals surface area (Å²) in [4.78, 5) is 45.1. The minimum atomic E-state index is -3.89. The monoisotopic (exact) mass is 428 g/mol. The van der Waals surface area contributed by atoms with Crippen LogP contribution in [0.4, 0.5) is 5.69 Å². The highest BCUT2D eigenvalue weighted by atomic mass is 32.2. The van der Waals surface area contributed by atoms with E-state index < -0.39 is 27.9 Å². The molecule has 30 heavy (non-hydrogen) atoms. The highest BCUT2D eigenvalue weighted by molar-refractivity contribution is 7.89. The lowest BCUT2D eigenvalue weighted by Crippen LogP contribution is -2.45. The summed E-state index contributed by atoms with van der Waals surface area (Å²) < 4.78 is 22.9. The molecule has 1 saturated heterocycles. The maximum absolute atomic E-state index is 13.1. The molecule has 1 unspecified atom stereocenters. The third kappa shape index (κ3) is 3.96. The number of rotatable bonds is 6. The zero-order valence-corrected chi connectivity index (χ0v) is 16.8. The molecule has 10 heteroatoms. The Kier molecular flexibility index (Phi) is 5.12. The largest absolute Gasteiger partial charge is 0.325 e. The number of hydrogen-bond donors (Lipinski definition) is 1. The Hall–Kier alpha value is -3.11. The van der Waals surface area contributed by atoms with Crippen LogP contribution in [0, 0.1) is 5.92 Å². The van der Waals surface area contributed by atoms with Gasteiger partial charge in [-0.25, -0.2) is 18.5 Å². The first-order chi connectivity index (χ1) is 14.3. The molecule has 3 amide bonds. The second-order valence-electron chi connectivity index (χ2n) is 7.43. The molecule has 156 valence electrons.